The molecule has 0 saturated carbocycles. The minimum atomic E-state index is -0.242. The summed E-state index contributed by atoms with van der Waals surface area (Å²) in [5.74, 6) is 0.0748. The number of aromatic nitrogens is 2. The number of benzene rings is 2. The molecule has 3 aromatic rings. The van der Waals surface area contributed by atoms with Crippen LogP contribution in [0, 0.1) is 27.7 Å². The van der Waals surface area contributed by atoms with E-state index >= 15 is 0 Å². The van der Waals surface area contributed by atoms with Gasteiger partial charge >= 0.3 is 0 Å². The average molecular weight is 439 g/mol. The zero-order chi connectivity index (χ0) is 22.5. The number of rotatable bonds is 7. The van der Waals surface area contributed by atoms with Gasteiger partial charge in [0.2, 0.25) is 17.7 Å². The highest BCUT2D eigenvalue weighted by molar-refractivity contribution is 7.99. The van der Waals surface area contributed by atoms with E-state index in [9.17, 15) is 9.59 Å². The number of anilines is 1. The summed E-state index contributed by atoms with van der Waals surface area (Å²) < 4.78 is 5.69. The fourth-order valence-corrected chi connectivity index (χ4v) is 3.91. The van der Waals surface area contributed by atoms with Crippen LogP contribution in [0.2, 0.25) is 0 Å². The maximum Gasteiger partial charge on any atom is 0.277 e. The second-order valence-corrected chi connectivity index (χ2v) is 8.53. The summed E-state index contributed by atoms with van der Waals surface area (Å²) in [6.45, 7) is 7.85. The van der Waals surface area contributed by atoms with Crippen molar-refractivity contribution >= 4 is 29.3 Å². The van der Waals surface area contributed by atoms with Gasteiger partial charge in [-0.3, -0.25) is 9.59 Å². The number of hydrogen-bond acceptors (Lipinski definition) is 6. The third-order valence-corrected chi connectivity index (χ3v) is 5.55. The fourth-order valence-electron chi connectivity index (χ4n) is 3.21. The first-order chi connectivity index (χ1) is 14.7. The maximum atomic E-state index is 12.4. The van der Waals surface area contributed by atoms with Crippen molar-refractivity contribution in [3.63, 3.8) is 0 Å². The van der Waals surface area contributed by atoms with E-state index in [4.69, 9.17) is 4.42 Å². The van der Waals surface area contributed by atoms with Gasteiger partial charge in [-0.25, -0.2) is 0 Å². The van der Waals surface area contributed by atoms with Crippen LogP contribution < -0.4 is 5.32 Å². The molecular weight excluding hydrogens is 412 g/mol. The molecule has 0 fully saturated rings. The van der Waals surface area contributed by atoms with Crippen molar-refractivity contribution in [1.82, 2.24) is 15.1 Å². The van der Waals surface area contributed by atoms with Crippen LogP contribution in [-0.2, 0) is 9.59 Å². The molecule has 31 heavy (non-hydrogen) atoms. The van der Waals surface area contributed by atoms with Gasteiger partial charge in [-0.05, 0) is 51.0 Å². The van der Waals surface area contributed by atoms with Crippen molar-refractivity contribution in [2.75, 3.05) is 24.7 Å². The molecule has 3 rings (SSSR count). The first kappa shape index (κ1) is 22.6. The predicted molar refractivity (Wildman–Crippen MR) is 122 cm³/mol. The molecular formula is C23H26N4O3S. The lowest BCUT2D eigenvalue weighted by molar-refractivity contribution is -0.131. The number of carbonyl (C=O) groups excluding carboxylic acids is 2. The highest BCUT2D eigenvalue weighted by Gasteiger charge is 2.17. The lowest BCUT2D eigenvalue weighted by Crippen LogP contribution is -2.36. The molecule has 0 unspecified atom stereocenters. The fraction of sp³-hybridized carbons (Fsp3) is 0.304. The van der Waals surface area contributed by atoms with Crippen molar-refractivity contribution in [2.45, 2.75) is 32.9 Å². The van der Waals surface area contributed by atoms with E-state index in [-0.39, 0.29) is 24.1 Å². The number of para-hydroxylation sites is 1. The van der Waals surface area contributed by atoms with Gasteiger partial charge in [-0.2, -0.15) is 0 Å². The summed E-state index contributed by atoms with van der Waals surface area (Å²) in [7, 11) is 1.60. The van der Waals surface area contributed by atoms with E-state index in [0.29, 0.717) is 11.1 Å². The number of likely N-dealkylation sites (N-methyl/N-ethyl adjacent to an activating group) is 1. The van der Waals surface area contributed by atoms with Crippen LogP contribution in [0.15, 0.2) is 46.0 Å². The first-order valence-electron chi connectivity index (χ1n) is 9.88. The SMILES string of the molecule is Cc1cc(C)cc(-c2nnc(SCC(=O)N(C)CC(=O)Nc3c(C)cccc3C)o2)c1. The smallest absolute Gasteiger partial charge is 0.277 e. The topological polar surface area (TPSA) is 88.3 Å². The minimum Gasteiger partial charge on any atom is -0.411 e. The summed E-state index contributed by atoms with van der Waals surface area (Å²) in [5.41, 5.74) is 5.82. The Balaban J connectivity index is 1.53. The van der Waals surface area contributed by atoms with Crippen molar-refractivity contribution in [2.24, 2.45) is 0 Å². The number of nitrogens with one attached hydrogen (secondary N) is 1. The zero-order valence-corrected chi connectivity index (χ0v) is 19.2. The molecule has 8 heteroatoms. The number of amides is 2. The number of aryl methyl sites for hydroxylation is 4. The van der Waals surface area contributed by atoms with E-state index in [1.807, 2.05) is 58.0 Å². The summed E-state index contributed by atoms with van der Waals surface area (Å²) in [6.07, 6.45) is 0. The molecule has 2 amide bonds. The summed E-state index contributed by atoms with van der Waals surface area (Å²) >= 11 is 1.15. The van der Waals surface area contributed by atoms with E-state index in [1.54, 1.807) is 7.05 Å². The van der Waals surface area contributed by atoms with Crippen LogP contribution >= 0.6 is 11.8 Å². The van der Waals surface area contributed by atoms with Crippen molar-refractivity contribution in [1.29, 1.82) is 0 Å². The van der Waals surface area contributed by atoms with Gasteiger partial charge in [0, 0.05) is 18.3 Å². The van der Waals surface area contributed by atoms with Gasteiger partial charge in [0.25, 0.3) is 5.22 Å². The van der Waals surface area contributed by atoms with Crippen LogP contribution in [0.25, 0.3) is 11.5 Å². The number of carbonyl (C=O) groups is 2. The molecule has 0 spiro atoms. The number of nitrogens with zero attached hydrogens (tertiary/aromatic N) is 3. The van der Waals surface area contributed by atoms with Gasteiger partial charge < -0.3 is 14.6 Å². The van der Waals surface area contributed by atoms with Gasteiger partial charge in [0.05, 0.1) is 12.3 Å². The normalized spacial score (nSPS) is 10.7. The summed E-state index contributed by atoms with van der Waals surface area (Å²) in [6, 6.07) is 11.8. The van der Waals surface area contributed by atoms with Crippen LogP contribution in [0.4, 0.5) is 5.69 Å². The molecule has 0 saturated heterocycles. The molecule has 1 aromatic heterocycles. The van der Waals surface area contributed by atoms with Crippen LogP contribution in [0.5, 0.6) is 0 Å². The van der Waals surface area contributed by atoms with Crippen LogP contribution in [0.3, 0.4) is 0 Å². The average Bonchev–Trinajstić information content (AvgIpc) is 3.17. The largest absolute Gasteiger partial charge is 0.411 e. The van der Waals surface area contributed by atoms with E-state index in [1.165, 1.54) is 4.90 Å². The van der Waals surface area contributed by atoms with Crippen LogP contribution in [0.1, 0.15) is 22.3 Å². The lowest BCUT2D eigenvalue weighted by atomic mass is 10.1. The third kappa shape index (κ3) is 5.95. The Morgan fingerprint density at radius 2 is 1.68 bits per heavy atom. The van der Waals surface area contributed by atoms with Gasteiger partial charge in [0.15, 0.2) is 0 Å². The Morgan fingerprint density at radius 1 is 1.03 bits per heavy atom. The summed E-state index contributed by atoms with van der Waals surface area (Å²) in [5, 5.41) is 11.3. The number of hydrogen-bond donors (Lipinski definition) is 1. The third-order valence-electron chi connectivity index (χ3n) is 4.75. The minimum absolute atomic E-state index is 0.0369. The molecule has 0 atom stereocenters. The Morgan fingerprint density at radius 3 is 2.32 bits per heavy atom. The lowest BCUT2D eigenvalue weighted by Gasteiger charge is -2.17. The van der Waals surface area contributed by atoms with E-state index < -0.39 is 0 Å². The quantitative estimate of drug-likeness (QED) is 0.557. The Hall–Kier alpha value is -3.13. The monoisotopic (exact) mass is 438 g/mol. The number of thioether (sulfide) groups is 1. The van der Waals surface area contributed by atoms with E-state index in [0.717, 1.165) is 45.3 Å². The second-order valence-electron chi connectivity index (χ2n) is 7.60. The molecule has 0 bridgehead atoms. The molecule has 0 radical (unpaired) electrons. The van der Waals surface area contributed by atoms with Gasteiger partial charge in [0.1, 0.15) is 0 Å². The standard InChI is InChI=1S/C23H26N4O3S/c1-14-9-15(2)11-18(10-14)22-25-26-23(30-22)31-13-20(29)27(5)12-19(28)24-21-16(3)7-6-8-17(21)4/h6-11H,12-13H2,1-5H3,(H,24,28). The summed E-state index contributed by atoms with van der Waals surface area (Å²) in [4.78, 5) is 26.2. The molecule has 0 aliphatic rings. The van der Waals surface area contributed by atoms with Crippen molar-refractivity contribution in [3.05, 3.63) is 58.7 Å². The van der Waals surface area contributed by atoms with E-state index in [2.05, 4.69) is 21.6 Å². The van der Waals surface area contributed by atoms with Gasteiger partial charge in [-0.15, -0.1) is 10.2 Å². The van der Waals surface area contributed by atoms with Crippen LogP contribution in [-0.4, -0.2) is 46.3 Å². The Bertz CT molecular complexity index is 1070. The Labute approximate surface area is 186 Å². The molecule has 1 heterocycles. The first-order valence-corrected chi connectivity index (χ1v) is 10.9. The highest BCUT2D eigenvalue weighted by atomic mass is 32.2. The molecule has 1 N–H and O–H groups in total. The second kappa shape index (κ2) is 9.78. The zero-order valence-electron chi connectivity index (χ0n) is 18.4. The highest BCUT2D eigenvalue weighted by Crippen LogP contribution is 2.25. The van der Waals surface area contributed by atoms with Crippen molar-refractivity contribution in [3.8, 4) is 11.5 Å². The van der Waals surface area contributed by atoms with Crippen molar-refractivity contribution < 1.29 is 14.0 Å². The molecule has 162 valence electrons. The molecule has 0 aliphatic carbocycles. The molecule has 7 nitrogen and oxygen atoms in total. The maximum absolute atomic E-state index is 12.4. The predicted octanol–water partition coefficient (Wildman–Crippen LogP) is 4.16. The molecule has 0 aliphatic heterocycles. The Kier molecular flexibility index (Phi) is 7.12. The molecule has 2 aromatic carbocycles. The van der Waals surface area contributed by atoms with Gasteiger partial charge in [-0.1, -0.05) is 47.2 Å².